The van der Waals surface area contributed by atoms with Gasteiger partial charge in [0.25, 0.3) is 5.91 Å². The molecule has 4 saturated carbocycles. The summed E-state index contributed by atoms with van der Waals surface area (Å²) in [6.07, 6.45) is 10.0. The maximum atomic E-state index is 12.5. The first kappa shape index (κ1) is 13.7. The second-order valence-electron chi connectivity index (χ2n) is 7.43. The minimum Gasteiger partial charge on any atom is -0.369 e. The Morgan fingerprint density at radius 2 is 1.91 bits per heavy atom. The molecular formula is C16H20N4O2. The van der Waals surface area contributed by atoms with Crippen LogP contribution in [0.1, 0.15) is 49.0 Å². The fourth-order valence-corrected chi connectivity index (χ4v) is 5.42. The third kappa shape index (κ3) is 2.01. The van der Waals surface area contributed by atoms with E-state index in [4.69, 9.17) is 5.73 Å². The lowest BCUT2D eigenvalue weighted by atomic mass is 9.46. The molecule has 2 atom stereocenters. The first-order chi connectivity index (χ1) is 10.5. The molecule has 5 rings (SSSR count). The quantitative estimate of drug-likeness (QED) is 0.871. The van der Waals surface area contributed by atoms with Crippen molar-refractivity contribution in [1.82, 2.24) is 15.3 Å². The van der Waals surface area contributed by atoms with E-state index in [-0.39, 0.29) is 17.4 Å². The predicted octanol–water partition coefficient (Wildman–Crippen LogP) is 1.03. The average molecular weight is 300 g/mol. The normalized spacial score (nSPS) is 38.7. The number of carbonyl (C=O) groups excluding carboxylic acids is 2. The molecular weight excluding hydrogens is 280 g/mol. The van der Waals surface area contributed by atoms with Crippen molar-refractivity contribution in [3.63, 3.8) is 0 Å². The number of carbonyl (C=O) groups is 2. The van der Waals surface area contributed by atoms with Crippen LogP contribution >= 0.6 is 0 Å². The van der Waals surface area contributed by atoms with Crippen LogP contribution in [0, 0.1) is 17.3 Å². The van der Waals surface area contributed by atoms with Crippen molar-refractivity contribution in [2.75, 3.05) is 0 Å². The van der Waals surface area contributed by atoms with Gasteiger partial charge in [0.1, 0.15) is 5.69 Å². The monoisotopic (exact) mass is 300 g/mol. The third-order valence-electron chi connectivity index (χ3n) is 5.76. The summed E-state index contributed by atoms with van der Waals surface area (Å²) in [5, 5.41) is 3.17. The second-order valence-corrected chi connectivity index (χ2v) is 7.43. The zero-order valence-corrected chi connectivity index (χ0v) is 12.4. The topological polar surface area (TPSA) is 98.0 Å². The minimum absolute atomic E-state index is 0.195. The number of amides is 2. The van der Waals surface area contributed by atoms with Gasteiger partial charge in [0.2, 0.25) is 5.91 Å². The van der Waals surface area contributed by atoms with Crippen LogP contribution in [0.2, 0.25) is 0 Å². The van der Waals surface area contributed by atoms with Gasteiger partial charge in [-0.05, 0) is 50.4 Å². The Labute approximate surface area is 128 Å². The van der Waals surface area contributed by atoms with E-state index in [0.717, 1.165) is 32.1 Å². The SMILES string of the molecule is NC(=O)C12CC3CC(CC(NC(=O)c4cnccn4)(C3)C1)C2. The molecule has 3 N–H and O–H groups in total. The summed E-state index contributed by atoms with van der Waals surface area (Å²) in [4.78, 5) is 32.5. The van der Waals surface area contributed by atoms with E-state index in [1.165, 1.54) is 12.4 Å². The summed E-state index contributed by atoms with van der Waals surface area (Å²) in [5.74, 6) is 0.598. The molecule has 0 spiro atoms. The average Bonchev–Trinajstić information content (AvgIpc) is 2.46. The van der Waals surface area contributed by atoms with Crippen molar-refractivity contribution in [1.29, 1.82) is 0 Å². The molecule has 1 aromatic heterocycles. The van der Waals surface area contributed by atoms with E-state index in [1.54, 1.807) is 6.20 Å². The van der Waals surface area contributed by atoms with E-state index in [1.807, 2.05) is 0 Å². The van der Waals surface area contributed by atoms with Crippen molar-refractivity contribution in [3.05, 3.63) is 24.3 Å². The van der Waals surface area contributed by atoms with Gasteiger partial charge in [0, 0.05) is 17.9 Å². The van der Waals surface area contributed by atoms with E-state index in [9.17, 15) is 9.59 Å². The first-order valence-electron chi connectivity index (χ1n) is 7.89. The maximum absolute atomic E-state index is 12.5. The van der Waals surface area contributed by atoms with Crippen molar-refractivity contribution in [2.45, 2.75) is 44.1 Å². The van der Waals surface area contributed by atoms with E-state index in [0.29, 0.717) is 24.0 Å². The van der Waals surface area contributed by atoms with Crippen molar-refractivity contribution >= 4 is 11.8 Å². The highest BCUT2D eigenvalue weighted by atomic mass is 16.2. The lowest BCUT2D eigenvalue weighted by molar-refractivity contribution is -0.146. The largest absolute Gasteiger partial charge is 0.369 e. The lowest BCUT2D eigenvalue weighted by Crippen LogP contribution is -2.65. The number of nitrogens with zero attached hydrogens (tertiary/aromatic N) is 2. The molecule has 2 amide bonds. The Bertz CT molecular complexity index is 616. The molecule has 4 aliphatic rings. The van der Waals surface area contributed by atoms with Crippen LogP contribution in [-0.4, -0.2) is 27.3 Å². The molecule has 0 aromatic carbocycles. The van der Waals surface area contributed by atoms with E-state index < -0.39 is 5.41 Å². The van der Waals surface area contributed by atoms with Crippen LogP contribution in [0.4, 0.5) is 0 Å². The Balaban J connectivity index is 1.61. The van der Waals surface area contributed by atoms with Crippen LogP contribution in [0.3, 0.4) is 0 Å². The van der Waals surface area contributed by atoms with Gasteiger partial charge in [-0.15, -0.1) is 0 Å². The Morgan fingerprint density at radius 3 is 2.50 bits per heavy atom. The zero-order chi connectivity index (χ0) is 15.4. The number of primary amides is 1. The Hall–Kier alpha value is -1.98. The van der Waals surface area contributed by atoms with E-state index in [2.05, 4.69) is 15.3 Å². The van der Waals surface area contributed by atoms with Crippen LogP contribution in [-0.2, 0) is 4.79 Å². The molecule has 6 heteroatoms. The molecule has 0 saturated heterocycles. The van der Waals surface area contributed by atoms with Gasteiger partial charge in [-0.25, -0.2) is 4.98 Å². The predicted molar refractivity (Wildman–Crippen MR) is 78.5 cm³/mol. The number of nitrogens with two attached hydrogens (primary N) is 1. The van der Waals surface area contributed by atoms with E-state index >= 15 is 0 Å². The van der Waals surface area contributed by atoms with Gasteiger partial charge >= 0.3 is 0 Å². The fourth-order valence-electron chi connectivity index (χ4n) is 5.42. The van der Waals surface area contributed by atoms with Gasteiger partial charge in [-0.3, -0.25) is 14.6 Å². The van der Waals surface area contributed by atoms with Crippen molar-refractivity contribution in [2.24, 2.45) is 23.0 Å². The number of nitrogens with one attached hydrogen (secondary N) is 1. The highest BCUT2D eigenvalue weighted by molar-refractivity contribution is 5.92. The molecule has 0 radical (unpaired) electrons. The molecule has 4 fully saturated rings. The minimum atomic E-state index is -0.417. The van der Waals surface area contributed by atoms with Gasteiger partial charge in [-0.1, -0.05) is 0 Å². The molecule has 2 unspecified atom stereocenters. The fraction of sp³-hybridized carbons (Fsp3) is 0.625. The molecule has 116 valence electrons. The summed E-state index contributed by atoms with van der Waals surface area (Å²) < 4.78 is 0. The maximum Gasteiger partial charge on any atom is 0.271 e. The van der Waals surface area contributed by atoms with Crippen LogP contribution in [0.15, 0.2) is 18.6 Å². The molecule has 4 aliphatic carbocycles. The standard InChI is InChI=1S/C16H20N4O2/c17-14(22)15-4-10-3-11(5-15)7-16(6-10,9-15)20-13(21)12-8-18-1-2-19-12/h1-2,8,10-11H,3-7,9H2,(H2,17,22)(H,20,21). The lowest BCUT2D eigenvalue weighted by Gasteiger charge is -2.61. The Kier molecular flexibility index (Phi) is 2.80. The first-order valence-corrected chi connectivity index (χ1v) is 7.89. The molecule has 4 bridgehead atoms. The molecule has 1 heterocycles. The summed E-state index contributed by atoms with van der Waals surface area (Å²) >= 11 is 0. The second kappa shape index (κ2) is 4.51. The summed E-state index contributed by atoms with van der Waals surface area (Å²) in [7, 11) is 0. The molecule has 22 heavy (non-hydrogen) atoms. The molecule has 1 aromatic rings. The summed E-state index contributed by atoms with van der Waals surface area (Å²) in [5.41, 5.74) is 5.33. The third-order valence-corrected chi connectivity index (χ3v) is 5.76. The molecule has 6 nitrogen and oxygen atoms in total. The van der Waals surface area contributed by atoms with Gasteiger partial charge in [-0.2, -0.15) is 0 Å². The number of hydrogen-bond donors (Lipinski definition) is 2. The van der Waals surface area contributed by atoms with Crippen LogP contribution < -0.4 is 11.1 Å². The van der Waals surface area contributed by atoms with Gasteiger partial charge in [0.15, 0.2) is 0 Å². The smallest absolute Gasteiger partial charge is 0.271 e. The van der Waals surface area contributed by atoms with Crippen LogP contribution in [0.5, 0.6) is 0 Å². The highest BCUT2D eigenvalue weighted by Gasteiger charge is 2.60. The van der Waals surface area contributed by atoms with Crippen molar-refractivity contribution in [3.8, 4) is 0 Å². The number of hydrogen-bond acceptors (Lipinski definition) is 4. The summed E-state index contributed by atoms with van der Waals surface area (Å²) in [6, 6.07) is 0. The number of aromatic nitrogens is 2. The van der Waals surface area contributed by atoms with Gasteiger partial charge < -0.3 is 11.1 Å². The van der Waals surface area contributed by atoms with Crippen molar-refractivity contribution < 1.29 is 9.59 Å². The Morgan fingerprint density at radius 1 is 1.18 bits per heavy atom. The molecule has 0 aliphatic heterocycles. The number of rotatable bonds is 3. The zero-order valence-electron chi connectivity index (χ0n) is 12.4. The van der Waals surface area contributed by atoms with Crippen LogP contribution in [0.25, 0.3) is 0 Å². The van der Waals surface area contributed by atoms with Gasteiger partial charge in [0.05, 0.1) is 11.6 Å². The highest BCUT2D eigenvalue weighted by Crippen LogP contribution is 2.61. The summed E-state index contributed by atoms with van der Waals surface area (Å²) in [6.45, 7) is 0.